The first-order valence-electron chi connectivity index (χ1n) is 8.33. The third kappa shape index (κ3) is 5.84. The zero-order chi connectivity index (χ0) is 17.4. The second-order valence-corrected chi connectivity index (χ2v) is 5.97. The van der Waals surface area contributed by atoms with Gasteiger partial charge in [0, 0.05) is 19.6 Å². The quantitative estimate of drug-likeness (QED) is 0.803. The summed E-state index contributed by atoms with van der Waals surface area (Å²) in [6.45, 7) is 4.23. The fourth-order valence-corrected chi connectivity index (χ4v) is 2.85. The average molecular weight is 332 g/mol. The van der Waals surface area contributed by atoms with E-state index in [-0.39, 0.29) is 6.10 Å². The van der Waals surface area contributed by atoms with Crippen LogP contribution in [0.3, 0.4) is 0 Å². The molecule has 1 aromatic rings. The van der Waals surface area contributed by atoms with Crippen LogP contribution in [-0.2, 0) is 15.9 Å². The van der Waals surface area contributed by atoms with Crippen molar-refractivity contribution < 1.29 is 19.4 Å². The minimum Gasteiger partial charge on any atom is -0.435 e. The molecule has 6 heteroatoms. The van der Waals surface area contributed by atoms with Crippen molar-refractivity contribution in [1.29, 1.82) is 5.26 Å². The number of piperidine rings is 1. The van der Waals surface area contributed by atoms with Crippen molar-refractivity contribution in [3.63, 3.8) is 0 Å². The molecule has 0 bridgehead atoms. The standard InChI is InChI=1S/C18H24N2O4/c1-2-23-18(22)24-17-7-9-20(10-8-17)13-16(21)11-14-3-5-15(12-19)6-4-14/h3-6,16-17,21H,2,7-11,13H2,1H3. The molecule has 0 aliphatic carbocycles. The predicted molar refractivity (Wildman–Crippen MR) is 88.4 cm³/mol. The molecule has 0 spiro atoms. The van der Waals surface area contributed by atoms with E-state index in [2.05, 4.69) is 11.0 Å². The molecule has 1 atom stereocenters. The van der Waals surface area contributed by atoms with Gasteiger partial charge in [0.25, 0.3) is 0 Å². The van der Waals surface area contributed by atoms with Gasteiger partial charge in [-0.1, -0.05) is 12.1 Å². The Hall–Kier alpha value is -2.10. The van der Waals surface area contributed by atoms with Gasteiger partial charge in [-0.15, -0.1) is 0 Å². The first-order chi connectivity index (χ1) is 11.6. The van der Waals surface area contributed by atoms with E-state index in [1.54, 1.807) is 19.1 Å². The molecule has 1 fully saturated rings. The molecule has 1 aliphatic rings. The number of aliphatic hydroxyl groups excluding tert-OH is 1. The maximum absolute atomic E-state index is 11.3. The highest BCUT2D eigenvalue weighted by molar-refractivity contribution is 5.60. The van der Waals surface area contributed by atoms with Gasteiger partial charge >= 0.3 is 6.16 Å². The van der Waals surface area contributed by atoms with Gasteiger partial charge < -0.3 is 19.5 Å². The second kappa shape index (κ2) is 9.26. The van der Waals surface area contributed by atoms with Crippen LogP contribution in [0.4, 0.5) is 4.79 Å². The van der Waals surface area contributed by atoms with Gasteiger partial charge in [-0.05, 0) is 43.9 Å². The monoisotopic (exact) mass is 332 g/mol. The van der Waals surface area contributed by atoms with Crippen LogP contribution >= 0.6 is 0 Å². The average Bonchev–Trinajstić information content (AvgIpc) is 2.57. The third-order valence-corrected chi connectivity index (χ3v) is 4.08. The van der Waals surface area contributed by atoms with Crippen LogP contribution < -0.4 is 0 Å². The van der Waals surface area contributed by atoms with Crippen LogP contribution in [0.5, 0.6) is 0 Å². The molecule has 6 nitrogen and oxygen atoms in total. The van der Waals surface area contributed by atoms with Crippen LogP contribution in [0, 0.1) is 11.3 Å². The van der Waals surface area contributed by atoms with Gasteiger partial charge in [-0.25, -0.2) is 4.79 Å². The molecule has 1 aliphatic heterocycles. The molecule has 24 heavy (non-hydrogen) atoms. The summed E-state index contributed by atoms with van der Waals surface area (Å²) in [7, 11) is 0. The molecule has 1 aromatic carbocycles. The number of nitriles is 1. The summed E-state index contributed by atoms with van der Waals surface area (Å²) in [5.41, 5.74) is 1.64. The molecule has 1 saturated heterocycles. The number of hydrogen-bond donors (Lipinski definition) is 1. The lowest BCUT2D eigenvalue weighted by molar-refractivity contribution is -0.00421. The number of likely N-dealkylation sites (tertiary alicyclic amines) is 1. The zero-order valence-electron chi connectivity index (χ0n) is 14.0. The van der Waals surface area contributed by atoms with Gasteiger partial charge in [0.05, 0.1) is 24.3 Å². The summed E-state index contributed by atoms with van der Waals surface area (Å²) in [6.07, 6.45) is 0.906. The van der Waals surface area contributed by atoms with Crippen molar-refractivity contribution in [1.82, 2.24) is 4.90 Å². The fourth-order valence-electron chi connectivity index (χ4n) is 2.85. The number of benzene rings is 1. The molecule has 0 saturated carbocycles. The Bertz CT molecular complexity index is 559. The lowest BCUT2D eigenvalue weighted by Crippen LogP contribution is -2.42. The molecule has 0 amide bonds. The highest BCUT2D eigenvalue weighted by atomic mass is 16.7. The summed E-state index contributed by atoms with van der Waals surface area (Å²) >= 11 is 0. The highest BCUT2D eigenvalue weighted by Gasteiger charge is 2.24. The molecular weight excluding hydrogens is 308 g/mol. The van der Waals surface area contributed by atoms with Crippen molar-refractivity contribution >= 4 is 6.16 Å². The maximum Gasteiger partial charge on any atom is 0.508 e. The van der Waals surface area contributed by atoms with E-state index in [9.17, 15) is 9.90 Å². The number of carbonyl (C=O) groups is 1. The Labute approximate surface area is 142 Å². The van der Waals surface area contributed by atoms with Crippen LogP contribution in [0.15, 0.2) is 24.3 Å². The first-order valence-corrected chi connectivity index (χ1v) is 8.33. The Kier molecular flexibility index (Phi) is 7.04. The summed E-state index contributed by atoms with van der Waals surface area (Å²) in [4.78, 5) is 13.5. The van der Waals surface area contributed by atoms with E-state index in [1.165, 1.54) is 0 Å². The molecule has 0 radical (unpaired) electrons. The number of aliphatic hydroxyl groups is 1. The number of carbonyl (C=O) groups excluding carboxylic acids is 1. The van der Waals surface area contributed by atoms with Crippen molar-refractivity contribution in [3.05, 3.63) is 35.4 Å². The molecule has 1 unspecified atom stereocenters. The molecular formula is C18H24N2O4. The zero-order valence-corrected chi connectivity index (χ0v) is 14.0. The van der Waals surface area contributed by atoms with Gasteiger partial charge in [-0.3, -0.25) is 0 Å². The van der Waals surface area contributed by atoms with Crippen molar-refractivity contribution in [2.45, 2.75) is 38.4 Å². The molecule has 1 heterocycles. The van der Waals surface area contributed by atoms with Crippen molar-refractivity contribution in [2.75, 3.05) is 26.2 Å². The van der Waals surface area contributed by atoms with Gasteiger partial charge in [0.2, 0.25) is 0 Å². The minimum atomic E-state index is -0.600. The van der Waals surface area contributed by atoms with Gasteiger partial charge in [0.1, 0.15) is 6.10 Å². The van der Waals surface area contributed by atoms with E-state index < -0.39 is 12.3 Å². The number of rotatable bonds is 6. The van der Waals surface area contributed by atoms with E-state index >= 15 is 0 Å². The molecule has 130 valence electrons. The lowest BCUT2D eigenvalue weighted by Gasteiger charge is -2.32. The molecule has 1 N–H and O–H groups in total. The SMILES string of the molecule is CCOC(=O)OC1CCN(CC(O)Cc2ccc(C#N)cc2)CC1. The minimum absolute atomic E-state index is 0.101. The van der Waals surface area contributed by atoms with Gasteiger partial charge in [-0.2, -0.15) is 5.26 Å². The Morgan fingerprint density at radius 1 is 1.38 bits per heavy atom. The number of β-amino-alcohol motifs (C(OH)–C–C–N with tert-alkyl or cyclic N) is 1. The highest BCUT2D eigenvalue weighted by Crippen LogP contribution is 2.15. The van der Waals surface area contributed by atoms with Crippen LogP contribution in [-0.4, -0.2) is 54.6 Å². The van der Waals surface area contributed by atoms with Gasteiger partial charge in [0.15, 0.2) is 0 Å². The number of nitrogens with zero attached hydrogens (tertiary/aromatic N) is 2. The topological polar surface area (TPSA) is 82.8 Å². The van der Waals surface area contributed by atoms with Crippen LogP contribution in [0.2, 0.25) is 0 Å². The van der Waals surface area contributed by atoms with E-state index in [0.717, 1.165) is 31.5 Å². The maximum atomic E-state index is 11.3. The Morgan fingerprint density at radius 2 is 2.04 bits per heavy atom. The molecule has 2 rings (SSSR count). The lowest BCUT2D eigenvalue weighted by atomic mass is 10.0. The summed E-state index contributed by atoms with van der Waals surface area (Å²) in [5, 5.41) is 19.0. The van der Waals surface area contributed by atoms with E-state index in [1.807, 2.05) is 12.1 Å². The summed E-state index contributed by atoms with van der Waals surface area (Å²) in [6, 6.07) is 9.36. The Morgan fingerprint density at radius 3 is 2.62 bits per heavy atom. The smallest absolute Gasteiger partial charge is 0.435 e. The summed E-state index contributed by atoms with van der Waals surface area (Å²) < 4.78 is 10.0. The normalized spacial score (nSPS) is 17.0. The number of hydrogen-bond acceptors (Lipinski definition) is 6. The van der Waals surface area contributed by atoms with E-state index in [4.69, 9.17) is 14.7 Å². The summed E-state index contributed by atoms with van der Waals surface area (Å²) in [5.74, 6) is 0. The fraction of sp³-hybridized carbons (Fsp3) is 0.556. The largest absolute Gasteiger partial charge is 0.508 e. The van der Waals surface area contributed by atoms with Crippen LogP contribution in [0.1, 0.15) is 30.9 Å². The molecule has 0 aromatic heterocycles. The first kappa shape index (κ1) is 18.2. The van der Waals surface area contributed by atoms with E-state index in [0.29, 0.717) is 25.1 Å². The van der Waals surface area contributed by atoms with Crippen LogP contribution in [0.25, 0.3) is 0 Å². The van der Waals surface area contributed by atoms with Crippen molar-refractivity contribution in [2.24, 2.45) is 0 Å². The Balaban J connectivity index is 1.70. The second-order valence-electron chi connectivity index (χ2n) is 5.97. The van der Waals surface area contributed by atoms with Crippen molar-refractivity contribution in [3.8, 4) is 6.07 Å². The third-order valence-electron chi connectivity index (χ3n) is 4.08. The number of ether oxygens (including phenoxy) is 2. The predicted octanol–water partition coefficient (Wildman–Crippen LogP) is 2.10.